The molecule has 0 saturated heterocycles. The minimum atomic E-state index is -1.31. The summed E-state index contributed by atoms with van der Waals surface area (Å²) >= 11 is 3.02. The second-order valence-corrected chi connectivity index (χ2v) is 3.41. The number of anilines is 1. The summed E-state index contributed by atoms with van der Waals surface area (Å²) in [5, 5.41) is 8.65. The lowest BCUT2D eigenvalue weighted by molar-refractivity contribution is 0.0691. The van der Waals surface area contributed by atoms with Crippen molar-refractivity contribution in [2.45, 2.75) is 6.92 Å². The number of hydrogen-bond donors (Lipinski definition) is 2. The predicted octanol–water partition coefficient (Wildman–Crippen LogP) is 2.18. The third kappa shape index (κ3) is 1.65. The van der Waals surface area contributed by atoms with Crippen LogP contribution in [0, 0.1) is 12.7 Å². The third-order valence-corrected chi connectivity index (χ3v) is 2.40. The third-order valence-electron chi connectivity index (χ3n) is 1.74. The zero-order valence-corrected chi connectivity index (χ0v) is 8.35. The summed E-state index contributed by atoms with van der Waals surface area (Å²) in [7, 11) is 0. The first-order valence-corrected chi connectivity index (χ1v) is 4.21. The van der Waals surface area contributed by atoms with Gasteiger partial charge in [0, 0.05) is 10.2 Å². The van der Waals surface area contributed by atoms with Gasteiger partial charge in [0.05, 0.1) is 0 Å². The summed E-state index contributed by atoms with van der Waals surface area (Å²) in [6.07, 6.45) is 0. The lowest BCUT2D eigenvalue weighted by Crippen LogP contribution is -2.06. The maximum absolute atomic E-state index is 13.1. The maximum Gasteiger partial charge on any atom is 0.339 e. The Labute approximate surface area is 82.5 Å². The first kappa shape index (κ1) is 9.98. The molecule has 0 bridgehead atoms. The van der Waals surface area contributed by atoms with Crippen LogP contribution in [0.5, 0.6) is 0 Å². The molecule has 0 amide bonds. The number of carboxylic acids is 1. The Bertz CT molecular complexity index is 379. The summed E-state index contributed by atoms with van der Waals surface area (Å²) in [5.74, 6) is -2.10. The summed E-state index contributed by atoms with van der Waals surface area (Å²) in [6.45, 7) is 1.46. The van der Waals surface area contributed by atoms with Gasteiger partial charge in [-0.05, 0) is 34.5 Å². The Kier molecular flexibility index (Phi) is 2.56. The molecule has 3 N–H and O–H groups in total. The van der Waals surface area contributed by atoms with E-state index in [0.29, 0.717) is 4.47 Å². The monoisotopic (exact) mass is 247 g/mol. The van der Waals surface area contributed by atoms with Gasteiger partial charge < -0.3 is 10.8 Å². The molecule has 70 valence electrons. The summed E-state index contributed by atoms with van der Waals surface area (Å²) in [5.41, 5.74) is 5.62. The van der Waals surface area contributed by atoms with Gasteiger partial charge in [-0.25, -0.2) is 9.18 Å². The van der Waals surface area contributed by atoms with E-state index in [2.05, 4.69) is 15.9 Å². The van der Waals surface area contributed by atoms with E-state index in [0.717, 1.165) is 6.07 Å². The molecule has 5 heteroatoms. The van der Waals surface area contributed by atoms with Crippen molar-refractivity contribution in [3.8, 4) is 0 Å². The van der Waals surface area contributed by atoms with Gasteiger partial charge in [-0.3, -0.25) is 0 Å². The molecule has 0 atom stereocenters. The average Bonchev–Trinajstić information content (AvgIpc) is 1.99. The second-order valence-electron chi connectivity index (χ2n) is 2.56. The molecule has 1 aromatic carbocycles. The number of carboxylic acid groups (broad SMARTS) is 1. The maximum atomic E-state index is 13.1. The number of nitrogens with two attached hydrogens (primary N) is 1. The highest BCUT2D eigenvalue weighted by Crippen LogP contribution is 2.28. The topological polar surface area (TPSA) is 63.3 Å². The number of halogens is 2. The van der Waals surface area contributed by atoms with E-state index in [4.69, 9.17) is 10.8 Å². The minimum Gasteiger partial charge on any atom is -0.478 e. The highest BCUT2D eigenvalue weighted by atomic mass is 79.9. The fraction of sp³-hybridized carbons (Fsp3) is 0.125. The molecule has 0 radical (unpaired) electrons. The van der Waals surface area contributed by atoms with Crippen molar-refractivity contribution < 1.29 is 14.3 Å². The van der Waals surface area contributed by atoms with Crippen LogP contribution in [0.25, 0.3) is 0 Å². The van der Waals surface area contributed by atoms with Crippen LogP contribution in [0.2, 0.25) is 0 Å². The van der Waals surface area contributed by atoms with Crippen LogP contribution in [-0.2, 0) is 0 Å². The van der Waals surface area contributed by atoms with Gasteiger partial charge in [0.25, 0.3) is 0 Å². The van der Waals surface area contributed by atoms with Gasteiger partial charge in [-0.1, -0.05) is 0 Å². The van der Waals surface area contributed by atoms with E-state index in [-0.39, 0.29) is 16.8 Å². The molecule has 0 aliphatic carbocycles. The highest BCUT2D eigenvalue weighted by molar-refractivity contribution is 9.10. The molecular formula is C8H7BrFNO2. The standard InChI is InChI=1S/C8H7BrFNO2/c1-3-6(8(12)13)5(10)2-4(9)7(3)11/h2H,11H2,1H3,(H,12,13). The number of nitrogen functional groups attached to an aromatic ring is 1. The van der Waals surface area contributed by atoms with Crippen LogP contribution in [0.1, 0.15) is 15.9 Å². The molecule has 1 aromatic rings. The quantitative estimate of drug-likeness (QED) is 0.748. The van der Waals surface area contributed by atoms with Crippen molar-refractivity contribution in [3.05, 3.63) is 27.5 Å². The molecule has 13 heavy (non-hydrogen) atoms. The van der Waals surface area contributed by atoms with Crippen LogP contribution in [-0.4, -0.2) is 11.1 Å². The van der Waals surface area contributed by atoms with Gasteiger partial charge in [-0.2, -0.15) is 0 Å². The lowest BCUT2D eigenvalue weighted by atomic mass is 10.1. The van der Waals surface area contributed by atoms with E-state index in [9.17, 15) is 9.18 Å². The Morgan fingerprint density at radius 1 is 1.69 bits per heavy atom. The number of benzene rings is 1. The van der Waals surface area contributed by atoms with Crippen molar-refractivity contribution in [2.75, 3.05) is 5.73 Å². The van der Waals surface area contributed by atoms with Crippen molar-refractivity contribution in [3.63, 3.8) is 0 Å². The molecule has 0 spiro atoms. The van der Waals surface area contributed by atoms with Gasteiger partial charge >= 0.3 is 5.97 Å². The van der Waals surface area contributed by atoms with Crippen LogP contribution in [0.15, 0.2) is 10.5 Å². The fourth-order valence-corrected chi connectivity index (χ4v) is 1.52. The zero-order valence-electron chi connectivity index (χ0n) is 6.77. The van der Waals surface area contributed by atoms with E-state index in [1.54, 1.807) is 0 Å². The van der Waals surface area contributed by atoms with Crippen molar-refractivity contribution >= 4 is 27.6 Å². The normalized spacial score (nSPS) is 10.1. The molecule has 0 saturated carbocycles. The van der Waals surface area contributed by atoms with Gasteiger partial charge in [0.15, 0.2) is 0 Å². The molecule has 0 fully saturated rings. The van der Waals surface area contributed by atoms with Crippen LogP contribution in [0.4, 0.5) is 10.1 Å². The largest absolute Gasteiger partial charge is 0.478 e. The van der Waals surface area contributed by atoms with Crippen molar-refractivity contribution in [2.24, 2.45) is 0 Å². The molecule has 1 rings (SSSR count). The van der Waals surface area contributed by atoms with Crippen LogP contribution in [0.3, 0.4) is 0 Å². The Hall–Kier alpha value is -1.10. The number of rotatable bonds is 1. The van der Waals surface area contributed by atoms with Gasteiger partial charge in [-0.15, -0.1) is 0 Å². The molecule has 0 aromatic heterocycles. The predicted molar refractivity (Wildman–Crippen MR) is 50.2 cm³/mol. The van der Waals surface area contributed by atoms with Crippen LogP contribution < -0.4 is 5.73 Å². The van der Waals surface area contributed by atoms with E-state index >= 15 is 0 Å². The van der Waals surface area contributed by atoms with E-state index in [1.165, 1.54) is 6.92 Å². The first-order chi connectivity index (χ1) is 5.95. The number of hydrogen-bond acceptors (Lipinski definition) is 2. The smallest absolute Gasteiger partial charge is 0.339 e. The average molecular weight is 248 g/mol. The van der Waals surface area contributed by atoms with E-state index < -0.39 is 11.8 Å². The Morgan fingerprint density at radius 2 is 2.23 bits per heavy atom. The van der Waals surface area contributed by atoms with E-state index in [1.807, 2.05) is 0 Å². The molecule has 3 nitrogen and oxygen atoms in total. The fourth-order valence-electron chi connectivity index (χ4n) is 1.02. The Morgan fingerprint density at radius 3 is 2.69 bits per heavy atom. The second kappa shape index (κ2) is 3.33. The summed E-state index contributed by atoms with van der Waals surface area (Å²) in [4.78, 5) is 10.6. The molecule has 0 heterocycles. The van der Waals surface area contributed by atoms with Crippen LogP contribution >= 0.6 is 15.9 Å². The summed E-state index contributed by atoms with van der Waals surface area (Å²) in [6, 6.07) is 1.05. The highest BCUT2D eigenvalue weighted by Gasteiger charge is 2.17. The molecular weight excluding hydrogens is 241 g/mol. The number of aromatic carboxylic acids is 1. The van der Waals surface area contributed by atoms with Crippen molar-refractivity contribution in [1.29, 1.82) is 0 Å². The zero-order chi connectivity index (χ0) is 10.2. The SMILES string of the molecule is Cc1c(N)c(Br)cc(F)c1C(=O)O. The molecule has 0 aliphatic heterocycles. The van der Waals surface area contributed by atoms with Gasteiger partial charge in [0.1, 0.15) is 11.4 Å². The van der Waals surface area contributed by atoms with Gasteiger partial charge in [0.2, 0.25) is 0 Å². The molecule has 0 aliphatic rings. The molecule has 0 unspecified atom stereocenters. The number of carbonyl (C=O) groups is 1. The lowest BCUT2D eigenvalue weighted by Gasteiger charge is -2.07. The summed E-state index contributed by atoms with van der Waals surface area (Å²) < 4.78 is 13.4. The first-order valence-electron chi connectivity index (χ1n) is 3.42. The minimum absolute atomic E-state index is 0.236. The Balaban J connectivity index is 3.53. The van der Waals surface area contributed by atoms with Crippen molar-refractivity contribution in [1.82, 2.24) is 0 Å².